The third-order valence-electron chi connectivity index (χ3n) is 2.55. The quantitative estimate of drug-likeness (QED) is 0.240. The van der Waals surface area contributed by atoms with E-state index in [4.69, 9.17) is 19.6 Å². The fourth-order valence-electron chi connectivity index (χ4n) is 1.43. The molecule has 0 atom stereocenters. The van der Waals surface area contributed by atoms with Crippen LogP contribution >= 0.6 is 15.2 Å². The summed E-state index contributed by atoms with van der Waals surface area (Å²) >= 11 is 0. The Morgan fingerprint density at radius 1 is 0.842 bits per heavy atom. The van der Waals surface area contributed by atoms with Crippen molar-refractivity contribution in [2.24, 2.45) is 0 Å². The van der Waals surface area contributed by atoms with E-state index in [1.165, 1.54) is 0 Å². The van der Waals surface area contributed by atoms with E-state index in [-0.39, 0.29) is 81.9 Å². The molecule has 0 rings (SSSR count). The summed E-state index contributed by atoms with van der Waals surface area (Å²) in [7, 11) is -10.5. The largest absolute Gasteiger partial charge is 2.00 e. The van der Waals surface area contributed by atoms with E-state index >= 15 is 0 Å². The van der Waals surface area contributed by atoms with Gasteiger partial charge in [-0.2, -0.15) is 0 Å². The van der Waals surface area contributed by atoms with Gasteiger partial charge in [-0.1, -0.05) is 32.6 Å². The van der Waals surface area contributed by atoms with Gasteiger partial charge < -0.3 is 24.7 Å². The fraction of sp³-hybridized carbons (Fsp3) is 1.00. The smallest absolute Gasteiger partial charge is 0.368 e. The normalized spacial score (nSPS) is 12.5. The minimum Gasteiger partial charge on any atom is -0.368 e. The molecule has 0 heterocycles. The number of rotatable bonds is 8. The van der Waals surface area contributed by atoms with Gasteiger partial charge >= 0.3 is 90.7 Å². The molecule has 7 nitrogen and oxygen atoms in total. The summed E-state index contributed by atoms with van der Waals surface area (Å²) in [5, 5.41) is 6.27. The first kappa shape index (κ1) is 26.7. The van der Waals surface area contributed by atoms with Crippen LogP contribution in [0.2, 0.25) is 0 Å². The minimum absolute atomic E-state index is 0. The molecule has 0 bridgehead atoms. The molecule has 104 valence electrons. The summed E-state index contributed by atoms with van der Waals surface area (Å²) in [6.45, 7) is 1.99. The van der Waals surface area contributed by atoms with Gasteiger partial charge in [0.1, 0.15) is 0 Å². The third-order valence-corrected chi connectivity index (χ3v) is 6.43. The van der Waals surface area contributed by atoms with Crippen LogP contribution in [0.1, 0.15) is 45.4 Å². The second kappa shape index (κ2) is 11.3. The Bertz CT molecular complexity index is 305. The standard InChI is InChI=1S/C8H20O7P2.2Ca/c1-2-3-4-5-6-7-8(9,16(10,11)12)17(13,14)15;;/h9H,2-7H2,1H3,(H2,10,11,12)(H2,13,14,15);;/q;2*+2. The molecule has 0 aliphatic rings. The number of hydrogen-bond acceptors (Lipinski definition) is 3. The molecule has 11 heteroatoms. The van der Waals surface area contributed by atoms with Crippen LogP contribution in [0.4, 0.5) is 0 Å². The number of unbranched alkanes of at least 4 members (excludes halogenated alkanes) is 4. The van der Waals surface area contributed by atoms with Crippen molar-refractivity contribution < 1.29 is 33.8 Å². The van der Waals surface area contributed by atoms with Crippen molar-refractivity contribution in [1.29, 1.82) is 0 Å². The second-order valence-corrected chi connectivity index (χ2v) is 8.04. The van der Waals surface area contributed by atoms with Crippen molar-refractivity contribution in [2.75, 3.05) is 0 Å². The Hall–Kier alpha value is 2.78. The first-order chi connectivity index (χ1) is 7.56. The van der Waals surface area contributed by atoms with Gasteiger partial charge in [0.15, 0.2) is 0 Å². The van der Waals surface area contributed by atoms with Crippen LogP contribution in [-0.4, -0.2) is 105 Å². The van der Waals surface area contributed by atoms with E-state index in [1.807, 2.05) is 6.92 Å². The molecule has 0 spiro atoms. The molecule has 19 heavy (non-hydrogen) atoms. The zero-order valence-electron chi connectivity index (χ0n) is 11.1. The van der Waals surface area contributed by atoms with Gasteiger partial charge in [-0.05, 0) is 12.8 Å². The van der Waals surface area contributed by atoms with Gasteiger partial charge in [0.05, 0.1) is 0 Å². The molecule has 0 aromatic heterocycles. The van der Waals surface area contributed by atoms with Crippen molar-refractivity contribution in [1.82, 2.24) is 0 Å². The van der Waals surface area contributed by atoms with E-state index in [2.05, 4.69) is 0 Å². The molecule has 0 aromatic carbocycles. The fourth-order valence-corrected chi connectivity index (χ4v) is 3.68. The number of aliphatic hydroxyl groups is 1. The summed E-state index contributed by atoms with van der Waals surface area (Å²) < 4.78 is 21.9. The molecular weight excluding hydrogens is 350 g/mol. The minimum atomic E-state index is -5.27. The summed E-state index contributed by atoms with van der Waals surface area (Å²) in [4.78, 5) is 35.4. The van der Waals surface area contributed by atoms with Gasteiger partial charge in [-0.25, -0.2) is 0 Å². The van der Waals surface area contributed by atoms with Crippen molar-refractivity contribution in [3.8, 4) is 0 Å². The molecule has 0 radical (unpaired) electrons. The maximum Gasteiger partial charge on any atom is 2.00 e. The molecule has 0 saturated carbocycles. The topological polar surface area (TPSA) is 135 Å². The van der Waals surface area contributed by atoms with Crippen LogP contribution in [0.5, 0.6) is 0 Å². The van der Waals surface area contributed by atoms with Crippen LogP contribution in [-0.2, 0) is 9.13 Å². The van der Waals surface area contributed by atoms with Gasteiger partial charge in [0, 0.05) is 0 Å². The predicted octanol–water partition coefficient (Wildman–Crippen LogP) is 0.587. The van der Waals surface area contributed by atoms with Crippen LogP contribution in [0.3, 0.4) is 0 Å². The predicted molar refractivity (Wildman–Crippen MR) is 73.9 cm³/mol. The van der Waals surface area contributed by atoms with Crippen molar-refractivity contribution >= 4 is 90.7 Å². The molecule has 0 amide bonds. The Balaban J connectivity index is -0.00000128. The van der Waals surface area contributed by atoms with Gasteiger partial charge in [0.2, 0.25) is 0 Å². The van der Waals surface area contributed by atoms with E-state index < -0.39 is 26.7 Å². The average Bonchev–Trinajstić information content (AvgIpc) is 2.13. The molecule has 0 fully saturated rings. The zero-order valence-corrected chi connectivity index (χ0v) is 17.3. The van der Waals surface area contributed by atoms with E-state index in [0.717, 1.165) is 19.3 Å². The maximum absolute atomic E-state index is 11.0. The Morgan fingerprint density at radius 2 is 1.21 bits per heavy atom. The Kier molecular flexibility index (Phi) is 15.9. The van der Waals surface area contributed by atoms with Crippen LogP contribution in [0.25, 0.3) is 0 Å². The van der Waals surface area contributed by atoms with Crippen molar-refractivity contribution in [2.45, 2.75) is 50.5 Å². The summed E-state index contributed by atoms with van der Waals surface area (Å²) in [6.07, 6.45) is 2.83. The SMILES string of the molecule is CCCCCCCC(O)(P(=O)(O)O)P(=O)(O)O.[Ca+2].[Ca+2]. The Labute approximate surface area is 172 Å². The molecule has 0 aliphatic heterocycles. The first-order valence-electron chi connectivity index (χ1n) is 5.40. The maximum atomic E-state index is 11.0. The number of hydrogen-bond donors (Lipinski definition) is 5. The molecular formula is C8H20Ca2O7P2+4. The van der Waals surface area contributed by atoms with Crippen LogP contribution < -0.4 is 0 Å². The molecule has 0 aromatic rings. The summed E-state index contributed by atoms with van der Waals surface area (Å²) in [5.41, 5.74) is 0. The van der Waals surface area contributed by atoms with Crippen LogP contribution in [0.15, 0.2) is 0 Å². The molecule has 0 saturated heterocycles. The van der Waals surface area contributed by atoms with E-state index in [1.54, 1.807) is 0 Å². The van der Waals surface area contributed by atoms with Gasteiger partial charge in [0.25, 0.3) is 5.08 Å². The second-order valence-electron chi connectivity index (χ2n) is 4.03. The van der Waals surface area contributed by atoms with Gasteiger partial charge in [-0.3, -0.25) is 9.13 Å². The third kappa shape index (κ3) is 8.85. The summed E-state index contributed by atoms with van der Waals surface area (Å²) in [6, 6.07) is 0. The first-order valence-corrected chi connectivity index (χ1v) is 8.62. The van der Waals surface area contributed by atoms with Crippen molar-refractivity contribution in [3.05, 3.63) is 0 Å². The monoisotopic (exact) mass is 370 g/mol. The Morgan fingerprint density at radius 3 is 1.53 bits per heavy atom. The molecule has 0 unspecified atom stereocenters. The average molecular weight is 370 g/mol. The zero-order chi connectivity index (χ0) is 13.7. The van der Waals surface area contributed by atoms with E-state index in [0.29, 0.717) is 6.42 Å². The molecule has 0 aliphatic carbocycles. The van der Waals surface area contributed by atoms with Gasteiger partial charge in [-0.15, -0.1) is 0 Å². The molecule has 5 N–H and O–H groups in total. The summed E-state index contributed by atoms with van der Waals surface area (Å²) in [5.74, 6) is 0. The van der Waals surface area contributed by atoms with Crippen molar-refractivity contribution in [3.63, 3.8) is 0 Å². The van der Waals surface area contributed by atoms with E-state index in [9.17, 15) is 14.2 Å². The van der Waals surface area contributed by atoms with Crippen LogP contribution in [0, 0.1) is 0 Å².